The molecule has 150 valence electrons. The summed E-state index contributed by atoms with van der Waals surface area (Å²) in [6.07, 6.45) is -0.369. The summed E-state index contributed by atoms with van der Waals surface area (Å²) in [6.45, 7) is 8.53. The number of carbonyl (C=O) groups is 2. The number of rotatable bonds is 1. The fourth-order valence-corrected chi connectivity index (χ4v) is 3.76. The summed E-state index contributed by atoms with van der Waals surface area (Å²) < 4.78 is 6.46. The fraction of sp³-hybridized carbons (Fsp3) is 0.474. The molecule has 0 saturated carbocycles. The number of aromatic nitrogens is 2. The predicted molar refractivity (Wildman–Crippen MR) is 116 cm³/mol. The van der Waals surface area contributed by atoms with Crippen molar-refractivity contribution in [3.63, 3.8) is 0 Å². The molecule has 0 aliphatic carbocycles. The van der Waals surface area contributed by atoms with Gasteiger partial charge < -0.3 is 14.5 Å². The highest BCUT2D eigenvalue weighted by Crippen LogP contribution is 2.23. The van der Waals surface area contributed by atoms with Crippen LogP contribution in [0.2, 0.25) is 5.15 Å². The second kappa shape index (κ2) is 7.98. The maximum atomic E-state index is 12.9. The second-order valence-corrected chi connectivity index (χ2v) is 9.38. The van der Waals surface area contributed by atoms with Gasteiger partial charge in [0, 0.05) is 34.6 Å². The van der Waals surface area contributed by atoms with Gasteiger partial charge in [-0.2, -0.15) is 0 Å². The van der Waals surface area contributed by atoms with Crippen molar-refractivity contribution in [2.45, 2.75) is 39.3 Å². The van der Waals surface area contributed by atoms with Crippen LogP contribution in [0.5, 0.6) is 0 Å². The normalized spacial score (nSPS) is 17.7. The highest BCUT2D eigenvalue weighted by molar-refractivity contribution is 14.1. The van der Waals surface area contributed by atoms with Crippen molar-refractivity contribution in [2.75, 3.05) is 19.6 Å². The van der Waals surface area contributed by atoms with E-state index in [-0.39, 0.29) is 29.0 Å². The standard InChI is InChI=1S/C19H22ClIN4O3/c1-11-10-24(7-8-25(11)18(27)28-19(2,3)4)17(26)16-22-14-6-5-12(21)9-13(14)15(20)23-16/h5-6,9,11H,7-8,10H2,1-4H3/t11-/m1/s1. The third kappa shape index (κ3) is 4.65. The van der Waals surface area contributed by atoms with E-state index in [9.17, 15) is 9.59 Å². The summed E-state index contributed by atoms with van der Waals surface area (Å²) >= 11 is 8.46. The fourth-order valence-electron chi connectivity index (χ4n) is 3.03. The monoisotopic (exact) mass is 516 g/mol. The molecule has 0 unspecified atom stereocenters. The van der Waals surface area contributed by atoms with E-state index in [4.69, 9.17) is 16.3 Å². The Hall–Kier alpha value is -1.68. The Morgan fingerprint density at radius 2 is 1.96 bits per heavy atom. The minimum atomic E-state index is -0.558. The number of piperazine rings is 1. The van der Waals surface area contributed by atoms with Gasteiger partial charge in [-0.3, -0.25) is 4.79 Å². The minimum absolute atomic E-state index is 0.0663. The third-order valence-electron chi connectivity index (χ3n) is 4.35. The van der Waals surface area contributed by atoms with E-state index in [0.29, 0.717) is 30.5 Å². The van der Waals surface area contributed by atoms with Crippen molar-refractivity contribution in [1.29, 1.82) is 0 Å². The van der Waals surface area contributed by atoms with Gasteiger partial charge in [-0.1, -0.05) is 11.6 Å². The summed E-state index contributed by atoms with van der Waals surface area (Å²) in [5.41, 5.74) is 0.0706. The number of nitrogens with zero attached hydrogens (tertiary/aromatic N) is 4. The van der Waals surface area contributed by atoms with Crippen LogP contribution in [0, 0.1) is 3.57 Å². The molecule has 0 N–H and O–H groups in total. The van der Waals surface area contributed by atoms with Crippen molar-refractivity contribution in [1.82, 2.24) is 19.8 Å². The Bertz CT molecular complexity index is 931. The van der Waals surface area contributed by atoms with E-state index in [2.05, 4.69) is 32.6 Å². The number of fused-ring (bicyclic) bond motifs is 1. The topological polar surface area (TPSA) is 75.6 Å². The molecule has 0 bridgehead atoms. The lowest BCUT2D eigenvalue weighted by atomic mass is 10.2. The lowest BCUT2D eigenvalue weighted by molar-refractivity contribution is 0.00182. The molecular formula is C19H22ClIN4O3. The van der Waals surface area contributed by atoms with Crippen LogP contribution in [-0.4, -0.2) is 63.0 Å². The molecule has 2 heterocycles. The lowest BCUT2D eigenvalue weighted by Gasteiger charge is -2.39. The average Bonchev–Trinajstić information content (AvgIpc) is 2.59. The SMILES string of the molecule is C[C@@H]1CN(C(=O)c2nc(Cl)c3cc(I)ccc3n2)CCN1C(=O)OC(C)(C)C. The molecule has 3 rings (SSSR count). The number of benzene rings is 1. The molecule has 1 saturated heterocycles. The Balaban J connectivity index is 1.75. The van der Waals surface area contributed by atoms with E-state index >= 15 is 0 Å². The number of halogens is 2. The molecule has 1 fully saturated rings. The molecule has 7 nitrogen and oxygen atoms in total. The number of amides is 2. The maximum Gasteiger partial charge on any atom is 0.410 e. The molecule has 9 heteroatoms. The molecule has 1 aromatic carbocycles. The van der Waals surface area contributed by atoms with Gasteiger partial charge in [0.05, 0.1) is 5.52 Å². The highest BCUT2D eigenvalue weighted by Gasteiger charge is 2.33. The van der Waals surface area contributed by atoms with E-state index in [0.717, 1.165) is 3.57 Å². The zero-order chi connectivity index (χ0) is 20.6. The Kier molecular flexibility index (Phi) is 6.00. The Morgan fingerprint density at radius 1 is 1.25 bits per heavy atom. The first-order valence-corrected chi connectivity index (χ1v) is 10.4. The number of ether oxygens (including phenoxy) is 1. The zero-order valence-corrected chi connectivity index (χ0v) is 19.1. The van der Waals surface area contributed by atoms with Crippen molar-refractivity contribution in [3.8, 4) is 0 Å². The second-order valence-electron chi connectivity index (χ2n) is 7.77. The van der Waals surface area contributed by atoms with Crippen LogP contribution in [0.1, 0.15) is 38.3 Å². The lowest BCUT2D eigenvalue weighted by Crippen LogP contribution is -2.56. The Labute approximate surface area is 182 Å². The summed E-state index contributed by atoms with van der Waals surface area (Å²) in [5, 5.41) is 0.973. The number of carbonyl (C=O) groups excluding carboxylic acids is 2. The Morgan fingerprint density at radius 3 is 2.61 bits per heavy atom. The molecular weight excluding hydrogens is 495 g/mol. The summed E-state index contributed by atoms with van der Waals surface area (Å²) in [4.78, 5) is 37.1. The molecule has 2 aromatic rings. The molecule has 0 spiro atoms. The van der Waals surface area contributed by atoms with Gasteiger partial charge in [0.2, 0.25) is 5.82 Å². The van der Waals surface area contributed by atoms with E-state index in [1.807, 2.05) is 45.9 Å². The largest absolute Gasteiger partial charge is 0.444 e. The third-order valence-corrected chi connectivity index (χ3v) is 5.30. The molecule has 1 aromatic heterocycles. The average molecular weight is 517 g/mol. The van der Waals surface area contributed by atoms with Crippen molar-refractivity contribution in [3.05, 3.63) is 32.7 Å². The first-order chi connectivity index (χ1) is 13.0. The van der Waals surface area contributed by atoms with Gasteiger partial charge in [0.15, 0.2) is 0 Å². The van der Waals surface area contributed by atoms with Crippen LogP contribution >= 0.6 is 34.2 Å². The van der Waals surface area contributed by atoms with Crippen molar-refractivity contribution < 1.29 is 14.3 Å². The van der Waals surface area contributed by atoms with Crippen molar-refractivity contribution in [2.24, 2.45) is 0 Å². The number of hydrogen-bond acceptors (Lipinski definition) is 5. The van der Waals surface area contributed by atoms with Crippen LogP contribution in [0.15, 0.2) is 18.2 Å². The van der Waals surface area contributed by atoms with Gasteiger partial charge in [0.1, 0.15) is 10.8 Å². The zero-order valence-electron chi connectivity index (χ0n) is 16.2. The van der Waals surface area contributed by atoms with E-state index in [1.54, 1.807) is 9.80 Å². The maximum absolute atomic E-state index is 12.9. The van der Waals surface area contributed by atoms with Crippen LogP contribution in [0.25, 0.3) is 10.9 Å². The first kappa shape index (κ1) is 21.0. The van der Waals surface area contributed by atoms with Crippen LogP contribution in [-0.2, 0) is 4.74 Å². The van der Waals surface area contributed by atoms with Gasteiger partial charge in [0.25, 0.3) is 5.91 Å². The first-order valence-electron chi connectivity index (χ1n) is 8.97. The van der Waals surface area contributed by atoms with Crippen LogP contribution in [0.3, 0.4) is 0 Å². The van der Waals surface area contributed by atoms with Gasteiger partial charge in [-0.25, -0.2) is 14.8 Å². The molecule has 0 radical (unpaired) electrons. The van der Waals surface area contributed by atoms with Gasteiger partial charge >= 0.3 is 6.09 Å². The molecule has 1 aliphatic rings. The molecule has 28 heavy (non-hydrogen) atoms. The summed E-state index contributed by atoms with van der Waals surface area (Å²) in [6, 6.07) is 5.44. The minimum Gasteiger partial charge on any atom is -0.444 e. The van der Waals surface area contributed by atoms with E-state index in [1.165, 1.54) is 0 Å². The van der Waals surface area contributed by atoms with Gasteiger partial charge in [-0.15, -0.1) is 0 Å². The van der Waals surface area contributed by atoms with Gasteiger partial charge in [-0.05, 0) is 68.5 Å². The quantitative estimate of drug-likeness (QED) is 0.424. The summed E-state index contributed by atoms with van der Waals surface area (Å²) in [7, 11) is 0. The van der Waals surface area contributed by atoms with Crippen LogP contribution < -0.4 is 0 Å². The number of hydrogen-bond donors (Lipinski definition) is 0. The molecule has 1 aliphatic heterocycles. The predicted octanol–water partition coefficient (Wildman–Crippen LogP) is 3.97. The van der Waals surface area contributed by atoms with Crippen LogP contribution in [0.4, 0.5) is 4.79 Å². The molecule has 1 atom stereocenters. The highest BCUT2D eigenvalue weighted by atomic mass is 127. The van der Waals surface area contributed by atoms with E-state index < -0.39 is 5.60 Å². The molecule has 2 amide bonds. The smallest absolute Gasteiger partial charge is 0.410 e. The summed E-state index contributed by atoms with van der Waals surface area (Å²) in [5.74, 6) is -0.227. The van der Waals surface area contributed by atoms with Crippen molar-refractivity contribution >= 4 is 57.1 Å².